The summed E-state index contributed by atoms with van der Waals surface area (Å²) in [6.07, 6.45) is 7.15. The molecule has 1 aliphatic carbocycles. The van der Waals surface area contributed by atoms with Crippen LogP contribution in [-0.2, 0) is 0 Å². The third kappa shape index (κ3) is 4.26. The number of hydrogen-bond acceptors (Lipinski definition) is 7. The van der Waals surface area contributed by atoms with Crippen molar-refractivity contribution in [2.24, 2.45) is 5.92 Å². The molecule has 0 bridgehead atoms. The summed E-state index contributed by atoms with van der Waals surface area (Å²) in [6.45, 7) is 2.43. The Hall–Kier alpha value is -2.75. The van der Waals surface area contributed by atoms with Gasteiger partial charge in [-0.15, -0.1) is 11.3 Å². The van der Waals surface area contributed by atoms with Crippen molar-refractivity contribution in [1.29, 1.82) is 0 Å². The lowest BCUT2D eigenvalue weighted by Gasteiger charge is -2.19. The number of anilines is 1. The zero-order chi connectivity index (χ0) is 24.1. The van der Waals surface area contributed by atoms with E-state index in [2.05, 4.69) is 27.6 Å². The second-order valence-electron chi connectivity index (χ2n) is 9.64. The maximum absolute atomic E-state index is 13.6. The molecule has 10 heteroatoms. The molecule has 6 rings (SSSR count). The molecule has 1 saturated carbocycles. The summed E-state index contributed by atoms with van der Waals surface area (Å²) in [5.41, 5.74) is 1.09. The molecule has 4 heterocycles. The zero-order valence-corrected chi connectivity index (χ0v) is 21.1. The van der Waals surface area contributed by atoms with Gasteiger partial charge in [0.05, 0.1) is 15.6 Å². The minimum absolute atomic E-state index is 0.136. The second kappa shape index (κ2) is 9.04. The number of benzene rings is 1. The molecular formula is C25H27ClN6O2S. The molecule has 182 valence electrons. The van der Waals surface area contributed by atoms with E-state index in [1.54, 1.807) is 0 Å². The summed E-state index contributed by atoms with van der Waals surface area (Å²) in [7, 11) is 2.12. The number of likely N-dealkylation sites (tertiary alicyclic amines) is 1. The van der Waals surface area contributed by atoms with Crippen LogP contribution in [0.3, 0.4) is 0 Å². The van der Waals surface area contributed by atoms with Crippen LogP contribution < -0.4 is 16.1 Å². The van der Waals surface area contributed by atoms with Crippen molar-refractivity contribution in [2.75, 3.05) is 32.0 Å². The largest absolute Gasteiger partial charge is 0.354 e. The molecule has 1 atom stereocenters. The fourth-order valence-electron chi connectivity index (χ4n) is 4.95. The van der Waals surface area contributed by atoms with E-state index >= 15 is 0 Å². The monoisotopic (exact) mass is 510 g/mol. The summed E-state index contributed by atoms with van der Waals surface area (Å²) < 4.78 is 2.81. The third-order valence-electron chi connectivity index (χ3n) is 7.15. The molecule has 1 unspecified atom stereocenters. The van der Waals surface area contributed by atoms with Crippen LogP contribution >= 0.6 is 22.9 Å². The van der Waals surface area contributed by atoms with Crippen molar-refractivity contribution in [3.63, 3.8) is 0 Å². The minimum Gasteiger partial charge on any atom is -0.354 e. The van der Waals surface area contributed by atoms with Crippen LogP contribution in [0, 0.1) is 5.92 Å². The fourth-order valence-corrected chi connectivity index (χ4v) is 6.28. The lowest BCUT2D eigenvalue weighted by atomic mass is 10.1. The third-order valence-corrected chi connectivity index (χ3v) is 8.53. The first-order chi connectivity index (χ1) is 17.0. The number of hydrogen-bond donors (Lipinski definition) is 2. The van der Waals surface area contributed by atoms with E-state index in [1.165, 1.54) is 36.8 Å². The Kier molecular flexibility index (Phi) is 5.86. The highest BCUT2D eigenvalue weighted by molar-refractivity contribution is 7.24. The van der Waals surface area contributed by atoms with Gasteiger partial charge < -0.3 is 15.5 Å². The Morgan fingerprint density at radius 1 is 1.29 bits per heavy atom. The Labute approximate surface area is 211 Å². The number of nitrogens with zero attached hydrogens (tertiary/aromatic N) is 4. The highest BCUT2D eigenvalue weighted by Gasteiger charge is 2.25. The molecule has 2 fully saturated rings. The molecule has 2 N–H and O–H groups in total. The molecule has 8 nitrogen and oxygen atoms in total. The van der Waals surface area contributed by atoms with Gasteiger partial charge in [0.15, 0.2) is 5.65 Å². The number of carbonyl (C=O) groups excluding carboxylic acids is 1. The van der Waals surface area contributed by atoms with Gasteiger partial charge in [-0.2, -0.15) is 4.98 Å². The molecule has 3 aromatic heterocycles. The molecule has 2 aliphatic rings. The molecule has 1 amide bonds. The first kappa shape index (κ1) is 22.7. The average Bonchev–Trinajstić information content (AvgIpc) is 3.48. The predicted octanol–water partition coefficient (Wildman–Crippen LogP) is 4.15. The van der Waals surface area contributed by atoms with Gasteiger partial charge in [0, 0.05) is 30.4 Å². The van der Waals surface area contributed by atoms with Crippen molar-refractivity contribution < 1.29 is 4.79 Å². The van der Waals surface area contributed by atoms with Gasteiger partial charge in [-0.05, 0) is 69.8 Å². The highest BCUT2D eigenvalue weighted by Crippen LogP contribution is 2.33. The van der Waals surface area contributed by atoms with E-state index in [-0.39, 0.29) is 16.9 Å². The minimum atomic E-state index is -0.358. The van der Waals surface area contributed by atoms with Crippen LogP contribution in [0.5, 0.6) is 0 Å². The first-order valence-electron chi connectivity index (χ1n) is 12.2. The fraction of sp³-hybridized carbons (Fsp3) is 0.440. The van der Waals surface area contributed by atoms with Crippen LogP contribution in [0.25, 0.3) is 26.1 Å². The van der Waals surface area contributed by atoms with E-state index < -0.39 is 0 Å². The molecule has 1 aromatic carbocycles. The Balaban J connectivity index is 1.44. The van der Waals surface area contributed by atoms with Gasteiger partial charge in [-0.25, -0.2) is 4.98 Å². The summed E-state index contributed by atoms with van der Waals surface area (Å²) in [4.78, 5) is 38.9. The lowest BCUT2D eigenvalue weighted by Crippen LogP contribution is -2.34. The van der Waals surface area contributed by atoms with Gasteiger partial charge in [0.1, 0.15) is 10.4 Å². The topological polar surface area (TPSA) is 91.6 Å². The predicted molar refractivity (Wildman–Crippen MR) is 141 cm³/mol. The van der Waals surface area contributed by atoms with Crippen molar-refractivity contribution >= 4 is 60.9 Å². The van der Waals surface area contributed by atoms with Gasteiger partial charge in [-0.3, -0.25) is 14.0 Å². The number of carbonyl (C=O) groups is 1. The number of fused-ring (bicyclic) bond motifs is 5. The number of amides is 1. The van der Waals surface area contributed by atoms with Gasteiger partial charge in [0.25, 0.3) is 5.91 Å². The molecule has 4 aromatic rings. The Morgan fingerprint density at radius 2 is 2.14 bits per heavy atom. The number of rotatable bonds is 7. The van der Waals surface area contributed by atoms with E-state index in [4.69, 9.17) is 16.6 Å². The maximum atomic E-state index is 13.6. The average molecular weight is 511 g/mol. The van der Waals surface area contributed by atoms with Crippen molar-refractivity contribution in [2.45, 2.75) is 38.1 Å². The van der Waals surface area contributed by atoms with E-state index in [9.17, 15) is 9.59 Å². The molecule has 1 saturated heterocycles. The standard InChI is InChI=1S/C25H27ClN6O2S/c1-31-10-2-3-16(31)8-9-27-23(34)20-21(33)17-13-29-25(28-12-14-4-5-14)30-22(17)32-18-11-15(26)6-7-19(18)35-24(20)32/h6-7,11,13-14,16H,2-5,8-10,12H2,1H3,(H,27,34)(H,28,29,30). The van der Waals surface area contributed by atoms with Gasteiger partial charge in [-0.1, -0.05) is 11.6 Å². The summed E-state index contributed by atoms with van der Waals surface area (Å²) in [6, 6.07) is 6.04. The van der Waals surface area contributed by atoms with E-state index in [0.717, 1.165) is 36.1 Å². The molecule has 1 aliphatic heterocycles. The summed E-state index contributed by atoms with van der Waals surface area (Å²) >= 11 is 7.73. The number of nitrogens with one attached hydrogen (secondary N) is 2. The zero-order valence-electron chi connectivity index (χ0n) is 19.5. The molecular weight excluding hydrogens is 484 g/mol. The van der Waals surface area contributed by atoms with E-state index in [1.807, 2.05) is 22.6 Å². The van der Waals surface area contributed by atoms with Crippen molar-refractivity contribution in [1.82, 2.24) is 24.6 Å². The quantitative estimate of drug-likeness (QED) is 0.388. The van der Waals surface area contributed by atoms with Crippen molar-refractivity contribution in [3.05, 3.63) is 45.2 Å². The summed E-state index contributed by atoms with van der Waals surface area (Å²) in [5, 5.41) is 7.19. The van der Waals surface area contributed by atoms with Crippen LogP contribution in [-0.4, -0.2) is 57.9 Å². The van der Waals surface area contributed by atoms with Crippen LogP contribution in [0.4, 0.5) is 5.95 Å². The Morgan fingerprint density at radius 3 is 2.91 bits per heavy atom. The molecule has 0 spiro atoms. The van der Waals surface area contributed by atoms with Crippen LogP contribution in [0.1, 0.15) is 42.5 Å². The number of pyridine rings is 1. The highest BCUT2D eigenvalue weighted by atomic mass is 35.5. The lowest BCUT2D eigenvalue weighted by molar-refractivity contribution is 0.0951. The van der Waals surface area contributed by atoms with E-state index in [0.29, 0.717) is 45.3 Å². The van der Waals surface area contributed by atoms with Crippen molar-refractivity contribution in [3.8, 4) is 0 Å². The number of thiazole rings is 1. The van der Waals surface area contributed by atoms with Crippen LogP contribution in [0.15, 0.2) is 29.2 Å². The molecule has 0 radical (unpaired) electrons. The number of halogens is 1. The smallest absolute Gasteiger partial charge is 0.258 e. The normalized spacial score (nSPS) is 18.6. The maximum Gasteiger partial charge on any atom is 0.258 e. The SMILES string of the molecule is CN1CCCC1CCNC(=O)c1c(=O)c2cnc(NCC3CC3)nc2n2c1sc1ccc(Cl)cc12. The number of aromatic nitrogens is 3. The first-order valence-corrected chi connectivity index (χ1v) is 13.3. The van der Waals surface area contributed by atoms with Gasteiger partial charge in [0.2, 0.25) is 11.4 Å². The second-order valence-corrected chi connectivity index (χ2v) is 11.1. The van der Waals surface area contributed by atoms with Gasteiger partial charge >= 0.3 is 0 Å². The van der Waals surface area contributed by atoms with Crippen LogP contribution in [0.2, 0.25) is 5.02 Å². The Bertz CT molecular complexity index is 1510. The molecule has 35 heavy (non-hydrogen) atoms. The summed E-state index contributed by atoms with van der Waals surface area (Å²) in [5.74, 6) is 0.786.